The molecule has 0 aliphatic carbocycles. The summed E-state index contributed by atoms with van der Waals surface area (Å²) in [7, 11) is 0. The molecule has 0 aliphatic heterocycles. The Hall–Kier alpha value is -3.82. The van der Waals surface area contributed by atoms with Gasteiger partial charge >= 0.3 is 0 Å². The van der Waals surface area contributed by atoms with Crippen molar-refractivity contribution in [2.24, 2.45) is 0 Å². The first-order chi connectivity index (χ1) is 13.2. The zero-order chi connectivity index (χ0) is 18.4. The zero-order valence-corrected chi connectivity index (χ0v) is 14.5. The quantitative estimate of drug-likeness (QED) is 0.518. The standard InChI is InChI=1S/C17H14N8O2/c1-9-7-12(22-27-9)15-16-19-17(26-10(2)13-8-18-23-20-13)11-5-3-4-6-14(11)25(16)24-21-15/h3-8,10H,1-2H3,(H,18,20,23). The number of aromatic nitrogens is 8. The van der Waals surface area contributed by atoms with Crippen LogP contribution in [0.1, 0.15) is 24.5 Å². The van der Waals surface area contributed by atoms with Crippen LogP contribution >= 0.6 is 0 Å². The Kier molecular flexibility index (Phi) is 3.35. The fourth-order valence-corrected chi connectivity index (χ4v) is 2.91. The molecule has 27 heavy (non-hydrogen) atoms. The minimum Gasteiger partial charge on any atom is -0.467 e. The van der Waals surface area contributed by atoms with Crippen molar-refractivity contribution >= 4 is 16.6 Å². The molecule has 0 saturated heterocycles. The third-order valence-electron chi connectivity index (χ3n) is 4.23. The Morgan fingerprint density at radius 2 is 2.11 bits per heavy atom. The van der Waals surface area contributed by atoms with Gasteiger partial charge in [0.15, 0.2) is 11.3 Å². The molecule has 10 nitrogen and oxygen atoms in total. The molecule has 0 amide bonds. The Balaban J connectivity index is 1.71. The summed E-state index contributed by atoms with van der Waals surface area (Å²) in [6, 6.07) is 9.49. The predicted molar refractivity (Wildman–Crippen MR) is 93.9 cm³/mol. The lowest BCUT2D eigenvalue weighted by atomic mass is 10.2. The molecule has 1 N–H and O–H groups in total. The van der Waals surface area contributed by atoms with E-state index in [4.69, 9.17) is 9.26 Å². The molecule has 1 aromatic carbocycles. The molecule has 0 spiro atoms. The van der Waals surface area contributed by atoms with Gasteiger partial charge in [-0.15, -0.1) is 10.2 Å². The van der Waals surface area contributed by atoms with Crippen LogP contribution < -0.4 is 4.74 Å². The molecule has 0 radical (unpaired) electrons. The first-order valence-corrected chi connectivity index (χ1v) is 8.31. The third kappa shape index (κ3) is 2.49. The zero-order valence-electron chi connectivity index (χ0n) is 14.5. The van der Waals surface area contributed by atoms with Gasteiger partial charge in [0.2, 0.25) is 5.88 Å². The Labute approximate surface area is 152 Å². The number of benzene rings is 1. The van der Waals surface area contributed by atoms with Crippen molar-refractivity contribution in [2.45, 2.75) is 20.0 Å². The minimum atomic E-state index is -0.337. The summed E-state index contributed by atoms with van der Waals surface area (Å²) in [5.41, 5.74) is 3.13. The average Bonchev–Trinajstić information content (AvgIpc) is 3.42. The molecule has 0 fully saturated rings. The van der Waals surface area contributed by atoms with E-state index in [-0.39, 0.29) is 6.10 Å². The number of para-hydroxylation sites is 1. The number of aromatic amines is 1. The van der Waals surface area contributed by atoms with Crippen LogP contribution in [0.25, 0.3) is 27.9 Å². The van der Waals surface area contributed by atoms with Crippen LogP contribution in [-0.2, 0) is 0 Å². The van der Waals surface area contributed by atoms with Gasteiger partial charge in [-0.2, -0.15) is 9.50 Å². The van der Waals surface area contributed by atoms with Gasteiger partial charge in [-0.3, -0.25) is 5.10 Å². The van der Waals surface area contributed by atoms with Gasteiger partial charge in [0.05, 0.1) is 10.9 Å². The van der Waals surface area contributed by atoms with E-state index in [9.17, 15) is 0 Å². The van der Waals surface area contributed by atoms with Crippen molar-refractivity contribution in [1.82, 2.24) is 40.4 Å². The Morgan fingerprint density at radius 1 is 1.22 bits per heavy atom. The van der Waals surface area contributed by atoms with Gasteiger partial charge < -0.3 is 9.26 Å². The van der Waals surface area contributed by atoms with Crippen LogP contribution in [0.2, 0.25) is 0 Å². The van der Waals surface area contributed by atoms with Crippen LogP contribution in [0.5, 0.6) is 5.88 Å². The van der Waals surface area contributed by atoms with E-state index in [0.717, 1.165) is 10.9 Å². The van der Waals surface area contributed by atoms with Crippen molar-refractivity contribution in [3.05, 3.63) is 48.0 Å². The molecule has 4 heterocycles. The van der Waals surface area contributed by atoms with Gasteiger partial charge in [-0.1, -0.05) is 27.7 Å². The number of H-pyrrole nitrogens is 1. The summed E-state index contributed by atoms with van der Waals surface area (Å²) in [4.78, 5) is 4.67. The van der Waals surface area contributed by atoms with Crippen LogP contribution in [0.15, 0.2) is 41.1 Å². The highest BCUT2D eigenvalue weighted by molar-refractivity contribution is 5.88. The van der Waals surface area contributed by atoms with Crippen LogP contribution in [0.3, 0.4) is 0 Å². The molecule has 0 aliphatic rings. The highest BCUT2D eigenvalue weighted by Gasteiger charge is 2.20. The van der Waals surface area contributed by atoms with Gasteiger partial charge in [-0.25, -0.2) is 0 Å². The van der Waals surface area contributed by atoms with E-state index in [1.807, 2.05) is 38.1 Å². The maximum absolute atomic E-state index is 6.10. The maximum atomic E-state index is 6.10. The largest absolute Gasteiger partial charge is 0.467 e. The normalized spacial score (nSPS) is 12.7. The van der Waals surface area contributed by atoms with Crippen molar-refractivity contribution < 1.29 is 9.26 Å². The second-order valence-electron chi connectivity index (χ2n) is 6.09. The molecular weight excluding hydrogens is 348 g/mol. The summed E-state index contributed by atoms with van der Waals surface area (Å²) in [5, 5.41) is 23.7. The smallest absolute Gasteiger partial charge is 0.225 e. The summed E-state index contributed by atoms with van der Waals surface area (Å²) in [6.45, 7) is 3.70. The average molecular weight is 362 g/mol. The summed E-state index contributed by atoms with van der Waals surface area (Å²) in [6.07, 6.45) is 1.35. The van der Waals surface area contributed by atoms with E-state index in [0.29, 0.717) is 34.4 Å². The van der Waals surface area contributed by atoms with Crippen molar-refractivity contribution in [3.63, 3.8) is 0 Å². The SMILES string of the molecule is Cc1cc(-c2nnn3c2nc(OC(C)c2c[nH]nn2)c2ccccc23)no1. The molecular formula is C17H14N8O2. The van der Waals surface area contributed by atoms with Crippen molar-refractivity contribution in [2.75, 3.05) is 0 Å². The highest BCUT2D eigenvalue weighted by Crippen LogP contribution is 2.31. The molecule has 1 atom stereocenters. The number of hydrogen-bond acceptors (Lipinski definition) is 8. The maximum Gasteiger partial charge on any atom is 0.225 e. The number of hydrogen-bond donors (Lipinski definition) is 1. The van der Waals surface area contributed by atoms with E-state index in [2.05, 4.69) is 35.9 Å². The monoisotopic (exact) mass is 362 g/mol. The van der Waals surface area contributed by atoms with Crippen LogP contribution in [-0.4, -0.2) is 40.4 Å². The second-order valence-corrected chi connectivity index (χ2v) is 6.09. The fourth-order valence-electron chi connectivity index (χ4n) is 2.91. The van der Waals surface area contributed by atoms with E-state index >= 15 is 0 Å². The lowest BCUT2D eigenvalue weighted by Crippen LogP contribution is -2.07. The van der Waals surface area contributed by atoms with E-state index < -0.39 is 0 Å². The molecule has 5 aromatic rings. The number of fused-ring (bicyclic) bond motifs is 3. The van der Waals surface area contributed by atoms with E-state index in [1.54, 1.807) is 16.8 Å². The van der Waals surface area contributed by atoms with Gasteiger partial charge in [0.1, 0.15) is 23.3 Å². The molecule has 1 unspecified atom stereocenters. The van der Waals surface area contributed by atoms with Gasteiger partial charge in [-0.05, 0) is 26.0 Å². The summed E-state index contributed by atoms with van der Waals surface area (Å²) < 4.78 is 12.9. The summed E-state index contributed by atoms with van der Waals surface area (Å²) in [5.74, 6) is 1.14. The predicted octanol–water partition coefficient (Wildman–Crippen LogP) is 2.50. The first kappa shape index (κ1) is 15.4. The Bertz CT molecular complexity index is 1240. The minimum absolute atomic E-state index is 0.337. The van der Waals surface area contributed by atoms with Crippen LogP contribution in [0.4, 0.5) is 0 Å². The highest BCUT2D eigenvalue weighted by atomic mass is 16.5. The molecule has 10 heteroatoms. The topological polar surface area (TPSA) is 120 Å². The lowest BCUT2D eigenvalue weighted by Gasteiger charge is -2.13. The van der Waals surface area contributed by atoms with Gasteiger partial charge in [0, 0.05) is 12.3 Å². The molecule has 5 rings (SSSR count). The number of nitrogens with zero attached hydrogens (tertiary/aromatic N) is 7. The molecule has 4 aromatic heterocycles. The first-order valence-electron chi connectivity index (χ1n) is 8.31. The number of aryl methyl sites for hydroxylation is 1. The van der Waals surface area contributed by atoms with E-state index in [1.165, 1.54) is 0 Å². The van der Waals surface area contributed by atoms with Crippen molar-refractivity contribution in [3.8, 4) is 17.3 Å². The van der Waals surface area contributed by atoms with Gasteiger partial charge in [0.25, 0.3) is 0 Å². The lowest BCUT2D eigenvalue weighted by molar-refractivity contribution is 0.216. The fraction of sp³-hybridized carbons (Fsp3) is 0.176. The summed E-state index contributed by atoms with van der Waals surface area (Å²) >= 11 is 0. The number of rotatable bonds is 4. The molecule has 134 valence electrons. The molecule has 0 bridgehead atoms. The number of nitrogens with one attached hydrogen (secondary N) is 1. The second kappa shape index (κ2) is 5.87. The molecule has 0 saturated carbocycles. The van der Waals surface area contributed by atoms with Crippen molar-refractivity contribution in [1.29, 1.82) is 0 Å². The third-order valence-corrected chi connectivity index (χ3v) is 4.23. The number of ether oxygens (including phenoxy) is 1. The van der Waals surface area contributed by atoms with Crippen LogP contribution in [0, 0.1) is 6.92 Å². The Morgan fingerprint density at radius 3 is 2.89 bits per heavy atom.